The molecule has 1 heterocycles. The van der Waals surface area contributed by atoms with Crippen molar-refractivity contribution in [2.24, 2.45) is 0 Å². The topological polar surface area (TPSA) is 243 Å². The Balaban J connectivity index is 0.0000189. The molecule has 0 bridgehead atoms. The summed E-state index contributed by atoms with van der Waals surface area (Å²) < 4.78 is 44.6. The summed E-state index contributed by atoms with van der Waals surface area (Å²) in [4.78, 5) is 78.3. The predicted octanol–water partition coefficient (Wildman–Crippen LogP) is 11.4. The molecular weight excluding hydrogens is 1130 g/mol. The molecular formula is C68H112N4NaO13P. The van der Waals surface area contributed by atoms with Crippen molar-refractivity contribution in [3.8, 4) is 11.8 Å². The van der Waals surface area contributed by atoms with Crippen molar-refractivity contribution in [3.63, 3.8) is 0 Å². The first-order chi connectivity index (χ1) is 41.5. The predicted molar refractivity (Wildman–Crippen MR) is 341 cm³/mol. The zero-order valence-electron chi connectivity index (χ0n) is 54.1. The van der Waals surface area contributed by atoms with Crippen LogP contribution in [0.3, 0.4) is 0 Å². The molecule has 3 amide bonds. The van der Waals surface area contributed by atoms with Crippen LogP contribution in [0.1, 0.15) is 262 Å². The third kappa shape index (κ3) is 43.7. The monoisotopic (exact) mass is 1250 g/mol. The number of para-hydroxylation sites is 1. The van der Waals surface area contributed by atoms with Gasteiger partial charge >= 0.3 is 41.5 Å². The smallest absolute Gasteiger partial charge is 0.756 e. The van der Waals surface area contributed by atoms with Crippen LogP contribution in [0.5, 0.6) is 0 Å². The molecule has 87 heavy (non-hydrogen) atoms. The van der Waals surface area contributed by atoms with E-state index < -0.39 is 45.0 Å². The second-order valence-corrected chi connectivity index (χ2v) is 24.2. The van der Waals surface area contributed by atoms with E-state index in [0.717, 1.165) is 60.9 Å². The molecule has 1 aliphatic rings. The third-order valence-corrected chi connectivity index (χ3v) is 16.1. The number of nitrogens with one attached hydrogen (secondary N) is 2. The van der Waals surface area contributed by atoms with Gasteiger partial charge in [0, 0.05) is 49.9 Å². The minimum absolute atomic E-state index is 0. The Labute approximate surface area is 546 Å². The molecule has 2 aromatic carbocycles. The Morgan fingerprint density at radius 3 is 1.54 bits per heavy atom. The number of nitrogens with zero attached hydrogens (tertiary/aromatic N) is 1. The molecule has 5 N–H and O–H groups in total. The van der Waals surface area contributed by atoms with Crippen LogP contribution in [0.2, 0.25) is 0 Å². The summed E-state index contributed by atoms with van der Waals surface area (Å²) in [6, 6.07) is 15.5. The maximum atomic E-state index is 13.4. The van der Waals surface area contributed by atoms with Crippen LogP contribution < -0.4 is 56.1 Å². The number of unbranched alkanes of at least 4 members (excludes halogenated alkanes) is 29. The van der Waals surface area contributed by atoms with Crippen LogP contribution in [0.15, 0.2) is 48.5 Å². The fourth-order valence-corrected chi connectivity index (χ4v) is 10.9. The second kappa shape index (κ2) is 55.2. The molecule has 488 valence electrons. The van der Waals surface area contributed by atoms with Gasteiger partial charge in [0.25, 0.3) is 7.82 Å². The van der Waals surface area contributed by atoms with Crippen molar-refractivity contribution in [1.29, 1.82) is 0 Å². The molecule has 0 saturated heterocycles. The first kappa shape index (κ1) is 81.4. The summed E-state index contributed by atoms with van der Waals surface area (Å²) in [6.45, 7) is 3.90. The minimum atomic E-state index is -4.90. The fourth-order valence-electron chi connectivity index (χ4n) is 10.2. The average Bonchev–Trinajstić information content (AvgIpc) is 1.78. The van der Waals surface area contributed by atoms with Gasteiger partial charge in [-0.2, -0.15) is 0 Å². The number of phosphoric ester groups is 1. The molecule has 0 aliphatic carbocycles. The summed E-state index contributed by atoms with van der Waals surface area (Å²) in [5.74, 6) is 4.81. The number of carbonyl (C=O) groups excluding carboxylic acids is 5. The van der Waals surface area contributed by atoms with E-state index in [1.807, 2.05) is 48.5 Å². The molecule has 2 aromatic rings. The number of rotatable bonds is 55. The first-order valence-corrected chi connectivity index (χ1v) is 34.6. The summed E-state index contributed by atoms with van der Waals surface area (Å²) in [5.41, 5.74) is 3.47. The molecule has 0 fully saturated rings. The van der Waals surface area contributed by atoms with Gasteiger partial charge in [-0.15, -0.1) is 0 Å². The molecule has 0 saturated carbocycles. The van der Waals surface area contributed by atoms with Crippen molar-refractivity contribution in [2.45, 2.75) is 258 Å². The normalized spacial score (nSPS) is 12.6. The van der Waals surface area contributed by atoms with E-state index in [1.54, 1.807) is 4.90 Å². The first-order valence-electron chi connectivity index (χ1n) is 33.1. The number of amides is 3. The Morgan fingerprint density at radius 2 is 0.966 bits per heavy atom. The van der Waals surface area contributed by atoms with Crippen molar-refractivity contribution >= 4 is 43.2 Å². The molecule has 1 aliphatic heterocycles. The Hall–Kier alpha value is -3.66. The van der Waals surface area contributed by atoms with E-state index in [-0.39, 0.29) is 113 Å². The van der Waals surface area contributed by atoms with Crippen LogP contribution >= 0.6 is 7.82 Å². The molecule has 0 radical (unpaired) electrons. The number of benzene rings is 2. The van der Waals surface area contributed by atoms with Crippen molar-refractivity contribution in [1.82, 2.24) is 16.8 Å². The summed E-state index contributed by atoms with van der Waals surface area (Å²) in [7, 11) is -4.90. The Kier molecular flexibility index (Phi) is 51.6. The van der Waals surface area contributed by atoms with E-state index in [1.165, 1.54) is 141 Å². The molecule has 2 atom stereocenters. The maximum absolute atomic E-state index is 13.4. The van der Waals surface area contributed by atoms with Gasteiger partial charge in [-0.05, 0) is 49.4 Å². The summed E-state index contributed by atoms with van der Waals surface area (Å²) >= 11 is 0. The SMILES string of the molecule is CCCCCCCCCCCCCCCCCC(=O)OC[C@H](COP(=O)([O-])OCCNC(=O)COCCOCCNC(=O)CCCCC(=O)N1Cc2ccccc2C#Cc2ccccc21)OC(=O)CCCCCCCCCCCCCCCCC.N.[Na+]. The average molecular weight is 1250 g/mol. The van der Waals surface area contributed by atoms with Crippen molar-refractivity contribution in [2.75, 3.05) is 64.2 Å². The van der Waals surface area contributed by atoms with Crippen molar-refractivity contribution in [3.05, 3.63) is 65.2 Å². The second-order valence-electron chi connectivity index (χ2n) is 22.7. The Morgan fingerprint density at radius 1 is 0.517 bits per heavy atom. The summed E-state index contributed by atoms with van der Waals surface area (Å²) in [5, 5.41) is 5.33. The van der Waals surface area contributed by atoms with Crippen LogP contribution in [-0.2, 0) is 63.1 Å². The van der Waals surface area contributed by atoms with Gasteiger partial charge in [-0.25, -0.2) is 0 Å². The van der Waals surface area contributed by atoms with Gasteiger partial charge < -0.3 is 54.6 Å². The maximum Gasteiger partial charge on any atom is 1.00 e. The standard InChI is InChI=1S/C68H110N3O13P.H3N.Na/c1-3-5-7-9-11-13-15-17-19-21-23-25-27-29-31-45-67(75)81-56-62(84-68(76)46-32-30-28-26-24-22-20-18-16-14-12-10-8-6-4-2)57-83-85(77,78)82-52-50-70-65(73)58-80-54-53-79-51-49-69-64(72)43-37-38-44-66(74)71-55-61-41-34-33-39-59(61)47-48-60-40-35-36-42-63(60)71;;/h33-36,39-42,62H,3-32,37-38,43-46,49-58H2,1-2H3,(H,69,72)(H,70,73)(H,77,78);1H3;/q;;+1/p-1/t62-;;/m1../s1. The number of hydrogen-bond donors (Lipinski definition) is 3. The molecule has 0 spiro atoms. The van der Waals surface area contributed by atoms with Gasteiger partial charge in [0.1, 0.15) is 13.2 Å². The van der Waals surface area contributed by atoms with Gasteiger partial charge in [0.15, 0.2) is 6.10 Å². The van der Waals surface area contributed by atoms with Crippen molar-refractivity contribution < 1.29 is 91.0 Å². The number of carbonyl (C=O) groups is 5. The summed E-state index contributed by atoms with van der Waals surface area (Å²) in [6.07, 6.45) is 37.1. The van der Waals surface area contributed by atoms with Gasteiger partial charge in [-0.3, -0.25) is 28.5 Å². The van der Waals surface area contributed by atoms with E-state index in [9.17, 15) is 33.4 Å². The molecule has 0 aromatic heterocycles. The third-order valence-electron chi connectivity index (χ3n) is 15.2. The number of esters is 2. The Bertz CT molecular complexity index is 2230. The van der Waals surface area contributed by atoms with Crippen LogP contribution in [0, 0.1) is 11.8 Å². The van der Waals surface area contributed by atoms with E-state index in [0.29, 0.717) is 38.6 Å². The van der Waals surface area contributed by atoms with E-state index in [4.69, 9.17) is 28.0 Å². The number of hydrogen-bond acceptors (Lipinski definition) is 14. The van der Waals surface area contributed by atoms with Crippen LogP contribution in [-0.4, -0.2) is 95.1 Å². The number of anilines is 1. The molecule has 19 heteroatoms. The van der Waals surface area contributed by atoms with Gasteiger partial charge in [0.05, 0.1) is 45.3 Å². The van der Waals surface area contributed by atoms with Crippen LogP contribution in [0.25, 0.3) is 0 Å². The fraction of sp³-hybridized carbons (Fsp3) is 0.721. The zero-order chi connectivity index (χ0) is 61.1. The zero-order valence-corrected chi connectivity index (χ0v) is 57.0. The number of phosphoric acid groups is 1. The number of fused-ring (bicyclic) bond motifs is 2. The van der Waals surface area contributed by atoms with E-state index >= 15 is 0 Å². The van der Waals surface area contributed by atoms with Gasteiger partial charge in [0.2, 0.25) is 17.7 Å². The minimum Gasteiger partial charge on any atom is -0.756 e. The molecule has 17 nitrogen and oxygen atoms in total. The van der Waals surface area contributed by atoms with E-state index in [2.05, 4.69) is 36.3 Å². The van der Waals surface area contributed by atoms with Gasteiger partial charge in [-0.1, -0.05) is 236 Å². The molecule has 3 rings (SSSR count). The number of ether oxygens (including phenoxy) is 4. The molecule has 1 unspecified atom stereocenters. The van der Waals surface area contributed by atoms with Crippen LogP contribution in [0.4, 0.5) is 5.69 Å². The largest absolute Gasteiger partial charge is 1.00 e. The quantitative estimate of drug-likeness (QED) is 0.0183.